The molecule has 1 aromatic heterocycles. The number of nitrogens with one attached hydrogen (secondary N) is 1. The van der Waals surface area contributed by atoms with Crippen LogP contribution in [0.3, 0.4) is 0 Å². The molecule has 2 aromatic rings. The van der Waals surface area contributed by atoms with E-state index in [0.717, 1.165) is 22.6 Å². The lowest BCUT2D eigenvalue weighted by atomic mass is 9.89. The van der Waals surface area contributed by atoms with Crippen LogP contribution >= 0.6 is 0 Å². The number of aliphatic hydroxyl groups is 1. The highest BCUT2D eigenvalue weighted by Crippen LogP contribution is 2.20. The molecule has 0 aliphatic rings. The van der Waals surface area contributed by atoms with Crippen LogP contribution in [0.15, 0.2) is 30.3 Å². The lowest BCUT2D eigenvalue weighted by molar-refractivity contribution is -0.120. The smallest absolute Gasteiger partial charge is 0.224 e. The number of para-hydroxylation sites is 1. The van der Waals surface area contributed by atoms with Gasteiger partial charge in [0.2, 0.25) is 5.91 Å². The highest BCUT2D eigenvalue weighted by atomic mass is 16.3. The SMILES string of the molecule is Cc1nn(-c2ccccc2)c(C)c1CC(=O)NCC(C)(C)CCO. The van der Waals surface area contributed by atoms with Gasteiger partial charge in [-0.25, -0.2) is 4.68 Å². The molecule has 0 saturated carbocycles. The Labute approximate surface area is 143 Å². The third-order valence-corrected chi connectivity index (χ3v) is 4.33. The Bertz CT molecular complexity index is 690. The summed E-state index contributed by atoms with van der Waals surface area (Å²) in [5, 5.41) is 16.6. The summed E-state index contributed by atoms with van der Waals surface area (Å²) in [5.41, 5.74) is 3.72. The molecule has 2 rings (SSSR count). The molecule has 130 valence electrons. The molecule has 24 heavy (non-hydrogen) atoms. The van der Waals surface area contributed by atoms with Crippen molar-refractivity contribution in [3.05, 3.63) is 47.3 Å². The average molecular weight is 329 g/mol. The van der Waals surface area contributed by atoms with Crippen LogP contribution in [0.25, 0.3) is 5.69 Å². The molecule has 5 heteroatoms. The molecule has 0 spiro atoms. The van der Waals surface area contributed by atoms with Crippen LogP contribution in [0.5, 0.6) is 0 Å². The molecule has 5 nitrogen and oxygen atoms in total. The van der Waals surface area contributed by atoms with E-state index in [1.54, 1.807) is 0 Å². The van der Waals surface area contributed by atoms with Crippen molar-refractivity contribution in [1.82, 2.24) is 15.1 Å². The quantitative estimate of drug-likeness (QED) is 0.820. The molecule has 0 radical (unpaired) electrons. The second-order valence-electron chi connectivity index (χ2n) is 6.99. The maximum absolute atomic E-state index is 12.3. The molecular weight excluding hydrogens is 302 g/mol. The molecule has 2 N–H and O–H groups in total. The topological polar surface area (TPSA) is 67.2 Å². The maximum Gasteiger partial charge on any atom is 0.224 e. The lowest BCUT2D eigenvalue weighted by Gasteiger charge is -2.23. The fraction of sp³-hybridized carbons (Fsp3) is 0.474. The van der Waals surface area contributed by atoms with Crippen molar-refractivity contribution in [1.29, 1.82) is 0 Å². The lowest BCUT2D eigenvalue weighted by Crippen LogP contribution is -2.35. The number of benzene rings is 1. The van der Waals surface area contributed by atoms with E-state index in [-0.39, 0.29) is 17.9 Å². The zero-order valence-electron chi connectivity index (χ0n) is 15.0. The van der Waals surface area contributed by atoms with Gasteiger partial charge in [0.15, 0.2) is 0 Å². The Balaban J connectivity index is 2.08. The average Bonchev–Trinajstić information content (AvgIpc) is 2.82. The molecule has 0 fully saturated rings. The largest absolute Gasteiger partial charge is 0.396 e. The molecule has 0 aliphatic carbocycles. The first-order valence-electron chi connectivity index (χ1n) is 8.32. The van der Waals surface area contributed by atoms with Gasteiger partial charge in [-0.05, 0) is 37.8 Å². The number of amides is 1. The maximum atomic E-state index is 12.3. The molecule has 1 heterocycles. The summed E-state index contributed by atoms with van der Waals surface area (Å²) in [4.78, 5) is 12.3. The predicted octanol–water partition coefficient (Wildman–Crippen LogP) is 2.56. The summed E-state index contributed by atoms with van der Waals surface area (Å²) in [6, 6.07) is 9.92. The Morgan fingerprint density at radius 1 is 1.25 bits per heavy atom. The second-order valence-corrected chi connectivity index (χ2v) is 6.99. The summed E-state index contributed by atoms with van der Waals surface area (Å²) in [6.07, 6.45) is 0.983. The van der Waals surface area contributed by atoms with Crippen molar-refractivity contribution in [3.8, 4) is 5.69 Å². The summed E-state index contributed by atoms with van der Waals surface area (Å²) in [7, 11) is 0. The van der Waals surface area contributed by atoms with Crippen molar-refractivity contribution in [2.24, 2.45) is 5.41 Å². The van der Waals surface area contributed by atoms with Gasteiger partial charge in [0.1, 0.15) is 0 Å². The molecular formula is C19H27N3O2. The standard InChI is InChI=1S/C19H27N3O2/c1-14-17(12-18(24)20-13-19(3,4)10-11-23)15(2)22(21-14)16-8-6-5-7-9-16/h5-9,23H,10-13H2,1-4H3,(H,20,24). The summed E-state index contributed by atoms with van der Waals surface area (Å²) in [5.74, 6) is -0.0140. The Morgan fingerprint density at radius 3 is 2.54 bits per heavy atom. The number of aryl methyl sites for hydroxylation is 1. The molecule has 1 aromatic carbocycles. The summed E-state index contributed by atoms with van der Waals surface area (Å²) in [6.45, 7) is 8.68. The van der Waals surface area contributed by atoms with Crippen molar-refractivity contribution in [2.45, 2.75) is 40.5 Å². The van der Waals surface area contributed by atoms with Crippen LogP contribution in [0.4, 0.5) is 0 Å². The van der Waals surface area contributed by atoms with Gasteiger partial charge in [-0.1, -0.05) is 32.0 Å². The van der Waals surface area contributed by atoms with E-state index < -0.39 is 0 Å². The van der Waals surface area contributed by atoms with Crippen molar-refractivity contribution < 1.29 is 9.90 Å². The van der Waals surface area contributed by atoms with Gasteiger partial charge in [0.25, 0.3) is 0 Å². The Hall–Kier alpha value is -2.14. The van der Waals surface area contributed by atoms with Gasteiger partial charge in [-0.2, -0.15) is 5.10 Å². The number of hydrogen-bond acceptors (Lipinski definition) is 3. The van der Waals surface area contributed by atoms with E-state index in [0.29, 0.717) is 19.4 Å². The van der Waals surface area contributed by atoms with Crippen molar-refractivity contribution in [2.75, 3.05) is 13.2 Å². The van der Waals surface area contributed by atoms with E-state index in [9.17, 15) is 4.79 Å². The molecule has 0 bridgehead atoms. The number of carbonyl (C=O) groups is 1. The monoisotopic (exact) mass is 329 g/mol. The Kier molecular flexibility index (Phi) is 5.78. The van der Waals surface area contributed by atoms with E-state index >= 15 is 0 Å². The van der Waals surface area contributed by atoms with Crippen molar-refractivity contribution in [3.63, 3.8) is 0 Å². The Morgan fingerprint density at radius 2 is 1.92 bits per heavy atom. The first-order chi connectivity index (χ1) is 11.3. The highest BCUT2D eigenvalue weighted by molar-refractivity contribution is 5.79. The van der Waals surface area contributed by atoms with Crippen LogP contribution < -0.4 is 5.32 Å². The fourth-order valence-corrected chi connectivity index (χ4v) is 2.70. The van der Waals surface area contributed by atoms with Gasteiger partial charge in [0.05, 0.1) is 17.8 Å². The highest BCUT2D eigenvalue weighted by Gasteiger charge is 2.20. The van der Waals surface area contributed by atoms with Gasteiger partial charge in [-0.15, -0.1) is 0 Å². The molecule has 0 unspecified atom stereocenters. The number of aliphatic hydroxyl groups excluding tert-OH is 1. The normalized spacial score (nSPS) is 11.5. The van der Waals surface area contributed by atoms with Gasteiger partial charge in [0, 0.05) is 24.4 Å². The minimum absolute atomic E-state index is 0.0140. The number of carbonyl (C=O) groups excluding carboxylic acids is 1. The molecule has 0 aliphatic heterocycles. The van der Waals surface area contributed by atoms with Gasteiger partial charge in [-0.3, -0.25) is 4.79 Å². The number of rotatable bonds is 7. The van der Waals surface area contributed by atoms with E-state index in [1.807, 2.05) is 62.7 Å². The van der Waals surface area contributed by atoms with Gasteiger partial charge >= 0.3 is 0 Å². The van der Waals surface area contributed by atoms with Crippen LogP contribution in [0.2, 0.25) is 0 Å². The van der Waals surface area contributed by atoms with E-state index in [2.05, 4.69) is 10.4 Å². The molecule has 0 saturated heterocycles. The molecule has 1 amide bonds. The minimum atomic E-state index is -0.108. The first kappa shape index (κ1) is 18.2. The minimum Gasteiger partial charge on any atom is -0.396 e. The van der Waals surface area contributed by atoms with Crippen LogP contribution in [0.1, 0.15) is 37.2 Å². The van der Waals surface area contributed by atoms with Crippen molar-refractivity contribution >= 4 is 5.91 Å². The first-order valence-corrected chi connectivity index (χ1v) is 8.32. The number of hydrogen-bond donors (Lipinski definition) is 2. The van der Waals surface area contributed by atoms with Gasteiger partial charge < -0.3 is 10.4 Å². The summed E-state index contributed by atoms with van der Waals surface area (Å²) < 4.78 is 1.88. The zero-order valence-corrected chi connectivity index (χ0v) is 15.0. The van der Waals surface area contributed by atoms with Crippen LogP contribution in [-0.2, 0) is 11.2 Å². The third kappa shape index (κ3) is 4.45. The second kappa shape index (κ2) is 7.62. The van der Waals surface area contributed by atoms with Crippen LogP contribution in [-0.4, -0.2) is 33.9 Å². The van der Waals surface area contributed by atoms with E-state index in [4.69, 9.17) is 5.11 Å². The number of aromatic nitrogens is 2. The predicted molar refractivity (Wildman–Crippen MR) is 95.2 cm³/mol. The zero-order chi connectivity index (χ0) is 17.7. The summed E-state index contributed by atoms with van der Waals surface area (Å²) >= 11 is 0. The van der Waals surface area contributed by atoms with Crippen LogP contribution in [0, 0.1) is 19.3 Å². The fourth-order valence-electron chi connectivity index (χ4n) is 2.70. The molecule has 0 atom stereocenters. The van der Waals surface area contributed by atoms with E-state index in [1.165, 1.54) is 0 Å². The number of nitrogens with zero attached hydrogens (tertiary/aromatic N) is 2. The third-order valence-electron chi connectivity index (χ3n) is 4.33.